The molecule has 2 heterocycles. The molecule has 2 aromatic heterocycles. The maximum absolute atomic E-state index is 5.65. The fourth-order valence-electron chi connectivity index (χ4n) is 2.31. The number of hydrogen-bond donors (Lipinski definition) is 0. The van der Waals surface area contributed by atoms with Crippen molar-refractivity contribution in [2.24, 2.45) is 0 Å². The summed E-state index contributed by atoms with van der Waals surface area (Å²) in [4.78, 5) is 0. The third-order valence-electron chi connectivity index (χ3n) is 3.57. The molecule has 2 nitrogen and oxygen atoms in total. The minimum Gasteiger partial charge on any atom is -0.493 e. The van der Waals surface area contributed by atoms with E-state index in [9.17, 15) is 0 Å². The quantitative estimate of drug-likeness (QED) is 0.394. The molecule has 0 aliphatic carbocycles. The van der Waals surface area contributed by atoms with E-state index in [1.54, 1.807) is 22.7 Å². The lowest BCUT2D eigenvalue weighted by Gasteiger charge is -2.05. The van der Waals surface area contributed by atoms with E-state index in [0.717, 1.165) is 24.7 Å². The molecule has 2 aromatic rings. The van der Waals surface area contributed by atoms with Gasteiger partial charge in [-0.25, -0.2) is 0 Å². The Labute approximate surface area is 142 Å². The molecule has 0 saturated heterocycles. The molecule has 0 bridgehead atoms. The highest BCUT2D eigenvalue weighted by Crippen LogP contribution is 2.16. The number of thiophene rings is 2. The van der Waals surface area contributed by atoms with E-state index in [0.29, 0.717) is 0 Å². The second kappa shape index (κ2) is 11.6. The Morgan fingerprint density at radius 2 is 1.00 bits per heavy atom. The smallest absolute Gasteiger partial charge is 0.129 e. The highest BCUT2D eigenvalue weighted by molar-refractivity contribution is 7.08. The average molecular weight is 339 g/mol. The Morgan fingerprint density at radius 3 is 1.36 bits per heavy atom. The second-order valence-electron chi connectivity index (χ2n) is 5.44. The predicted molar refractivity (Wildman–Crippen MR) is 96.6 cm³/mol. The van der Waals surface area contributed by atoms with Crippen molar-refractivity contribution in [1.29, 1.82) is 0 Å². The average Bonchev–Trinajstić information content (AvgIpc) is 3.21. The summed E-state index contributed by atoms with van der Waals surface area (Å²) in [6.45, 7) is 1.72. The molecule has 0 aromatic carbocycles. The van der Waals surface area contributed by atoms with Gasteiger partial charge in [0.2, 0.25) is 0 Å². The molecule has 0 fully saturated rings. The SMILES string of the molecule is c1cc(OCCCCCCCCCCOc2ccsc2)cs1. The monoisotopic (exact) mass is 338 g/mol. The van der Waals surface area contributed by atoms with Gasteiger partial charge in [-0.15, -0.1) is 22.7 Å². The molecular weight excluding hydrogens is 312 g/mol. The molecule has 4 heteroatoms. The van der Waals surface area contributed by atoms with E-state index in [-0.39, 0.29) is 0 Å². The van der Waals surface area contributed by atoms with Gasteiger partial charge in [0.1, 0.15) is 11.5 Å². The minimum absolute atomic E-state index is 0.858. The third kappa shape index (κ3) is 7.85. The Hall–Kier alpha value is -1.00. The first-order valence-corrected chi connectivity index (χ1v) is 10.1. The van der Waals surface area contributed by atoms with Crippen molar-refractivity contribution in [1.82, 2.24) is 0 Å². The molecule has 2 rings (SSSR count). The van der Waals surface area contributed by atoms with Gasteiger partial charge in [-0.05, 0) is 35.7 Å². The van der Waals surface area contributed by atoms with Gasteiger partial charge in [0.15, 0.2) is 0 Å². The molecule has 0 unspecified atom stereocenters. The maximum atomic E-state index is 5.65. The van der Waals surface area contributed by atoms with E-state index in [2.05, 4.69) is 21.5 Å². The number of rotatable bonds is 13. The van der Waals surface area contributed by atoms with Crippen molar-refractivity contribution >= 4 is 22.7 Å². The zero-order chi connectivity index (χ0) is 15.3. The van der Waals surface area contributed by atoms with Crippen LogP contribution in [-0.2, 0) is 0 Å². The topological polar surface area (TPSA) is 18.5 Å². The van der Waals surface area contributed by atoms with Crippen LogP contribution in [0.1, 0.15) is 51.4 Å². The molecule has 0 amide bonds. The molecular formula is C18H26O2S2. The summed E-state index contributed by atoms with van der Waals surface area (Å²) in [6.07, 6.45) is 10.3. The largest absolute Gasteiger partial charge is 0.493 e. The van der Waals surface area contributed by atoms with E-state index in [1.165, 1.54) is 51.4 Å². The molecule has 0 atom stereocenters. The summed E-state index contributed by atoms with van der Waals surface area (Å²) in [5, 5.41) is 8.23. The first-order chi connectivity index (χ1) is 10.9. The summed E-state index contributed by atoms with van der Waals surface area (Å²) in [6, 6.07) is 4.07. The molecule has 22 heavy (non-hydrogen) atoms. The van der Waals surface area contributed by atoms with Crippen LogP contribution in [0.3, 0.4) is 0 Å². The van der Waals surface area contributed by atoms with Gasteiger partial charge in [-0.1, -0.05) is 38.5 Å². The summed E-state index contributed by atoms with van der Waals surface area (Å²) < 4.78 is 11.3. The lowest BCUT2D eigenvalue weighted by molar-refractivity contribution is 0.302. The highest BCUT2D eigenvalue weighted by atomic mass is 32.1. The molecule has 0 saturated carbocycles. The second-order valence-corrected chi connectivity index (χ2v) is 7.00. The molecule has 0 aliphatic heterocycles. The van der Waals surface area contributed by atoms with Crippen LogP contribution < -0.4 is 9.47 Å². The fraction of sp³-hybridized carbons (Fsp3) is 0.556. The third-order valence-corrected chi connectivity index (χ3v) is 4.89. The number of hydrogen-bond acceptors (Lipinski definition) is 4. The van der Waals surface area contributed by atoms with Gasteiger partial charge in [0.05, 0.1) is 13.2 Å². The molecule has 0 aliphatic rings. The van der Waals surface area contributed by atoms with Gasteiger partial charge in [0, 0.05) is 10.8 Å². The van der Waals surface area contributed by atoms with Crippen LogP contribution in [0.4, 0.5) is 0 Å². The van der Waals surface area contributed by atoms with Crippen LogP contribution in [0, 0.1) is 0 Å². The summed E-state index contributed by atoms with van der Waals surface area (Å²) >= 11 is 3.38. The summed E-state index contributed by atoms with van der Waals surface area (Å²) in [5.41, 5.74) is 0. The van der Waals surface area contributed by atoms with Crippen LogP contribution in [-0.4, -0.2) is 13.2 Å². The van der Waals surface area contributed by atoms with Crippen LogP contribution in [0.15, 0.2) is 33.7 Å². The first-order valence-electron chi connectivity index (χ1n) is 8.25. The zero-order valence-corrected chi connectivity index (χ0v) is 14.8. The standard InChI is InChI=1S/C18H26O2S2/c1(3-5-7-11-19-17-9-13-21-15-17)2-4-6-8-12-20-18-10-14-22-16-18/h9-10,13-16H,1-8,11-12H2. The molecule has 0 N–H and O–H groups in total. The Balaban J connectivity index is 1.29. The summed E-state index contributed by atoms with van der Waals surface area (Å²) in [7, 11) is 0. The van der Waals surface area contributed by atoms with Crippen molar-refractivity contribution in [3.63, 3.8) is 0 Å². The normalized spacial score (nSPS) is 10.7. The van der Waals surface area contributed by atoms with Crippen molar-refractivity contribution in [3.05, 3.63) is 33.7 Å². The van der Waals surface area contributed by atoms with Gasteiger partial charge < -0.3 is 9.47 Å². The van der Waals surface area contributed by atoms with Crippen molar-refractivity contribution in [2.45, 2.75) is 51.4 Å². The van der Waals surface area contributed by atoms with Crippen molar-refractivity contribution < 1.29 is 9.47 Å². The van der Waals surface area contributed by atoms with Gasteiger partial charge in [-0.3, -0.25) is 0 Å². The van der Waals surface area contributed by atoms with Gasteiger partial charge in [-0.2, -0.15) is 0 Å². The van der Waals surface area contributed by atoms with Crippen LogP contribution >= 0.6 is 22.7 Å². The molecule has 0 radical (unpaired) electrons. The Bertz CT molecular complexity index is 407. The van der Waals surface area contributed by atoms with E-state index in [1.807, 2.05) is 12.1 Å². The molecule has 0 spiro atoms. The van der Waals surface area contributed by atoms with Crippen LogP contribution in [0.2, 0.25) is 0 Å². The first kappa shape index (κ1) is 17.4. The number of unbranched alkanes of at least 4 members (excludes halogenated alkanes) is 7. The number of ether oxygens (including phenoxy) is 2. The zero-order valence-electron chi connectivity index (χ0n) is 13.2. The van der Waals surface area contributed by atoms with E-state index < -0.39 is 0 Å². The fourth-order valence-corrected chi connectivity index (χ4v) is 3.46. The molecule has 122 valence electrons. The van der Waals surface area contributed by atoms with E-state index in [4.69, 9.17) is 9.47 Å². The Morgan fingerprint density at radius 1 is 0.591 bits per heavy atom. The van der Waals surface area contributed by atoms with E-state index >= 15 is 0 Å². The lowest BCUT2D eigenvalue weighted by Crippen LogP contribution is -1.96. The van der Waals surface area contributed by atoms with Crippen molar-refractivity contribution in [3.8, 4) is 11.5 Å². The minimum atomic E-state index is 0.858. The van der Waals surface area contributed by atoms with Gasteiger partial charge >= 0.3 is 0 Å². The van der Waals surface area contributed by atoms with Crippen LogP contribution in [0.5, 0.6) is 11.5 Å². The van der Waals surface area contributed by atoms with Crippen molar-refractivity contribution in [2.75, 3.05) is 13.2 Å². The van der Waals surface area contributed by atoms with Gasteiger partial charge in [0.25, 0.3) is 0 Å². The highest BCUT2D eigenvalue weighted by Gasteiger charge is 1.96. The lowest BCUT2D eigenvalue weighted by atomic mass is 10.1. The maximum Gasteiger partial charge on any atom is 0.129 e. The predicted octanol–water partition coefficient (Wildman–Crippen LogP) is 6.39. The Kier molecular flexibility index (Phi) is 9.11. The summed E-state index contributed by atoms with van der Waals surface area (Å²) in [5.74, 6) is 2.05. The van der Waals surface area contributed by atoms with Crippen LogP contribution in [0.25, 0.3) is 0 Å².